The summed E-state index contributed by atoms with van der Waals surface area (Å²) in [6, 6.07) is 1.73. The minimum atomic E-state index is -4.39. The van der Waals surface area contributed by atoms with Crippen molar-refractivity contribution in [1.82, 2.24) is 20.6 Å². The lowest BCUT2D eigenvalue weighted by Gasteiger charge is -2.20. The number of carbonyl (C=O) groups is 1. The van der Waals surface area contributed by atoms with E-state index in [4.69, 9.17) is 10.5 Å². The molecule has 10 heteroatoms. The lowest BCUT2D eigenvalue weighted by Crippen LogP contribution is -2.45. The number of alkyl halides is 3. The second-order valence-electron chi connectivity index (χ2n) is 5.37. The number of halogens is 3. The number of ether oxygens (including phenoxy) is 1. The van der Waals surface area contributed by atoms with Crippen molar-refractivity contribution in [3.05, 3.63) is 11.8 Å². The molecule has 0 aromatic carbocycles. The molecule has 1 fully saturated rings. The molecule has 1 heterocycles. The van der Waals surface area contributed by atoms with Crippen molar-refractivity contribution in [2.24, 2.45) is 0 Å². The standard InChI is InChI=1S/C12H18F3N5O2/c1-20(6-12(13,14)15)19-11(21)22-8-3-2-7(4-8)9-5-10(16)18-17-9/h5,7-8H,2-4,6H2,1H3,(H,19,21)(H3,16,17,18)/t7-,8+/m0/s1. The second-order valence-corrected chi connectivity index (χ2v) is 5.37. The number of hydrogen-bond acceptors (Lipinski definition) is 5. The fourth-order valence-electron chi connectivity index (χ4n) is 2.53. The van der Waals surface area contributed by atoms with E-state index in [0.717, 1.165) is 19.2 Å². The molecule has 0 unspecified atom stereocenters. The first-order chi connectivity index (χ1) is 10.2. The van der Waals surface area contributed by atoms with Gasteiger partial charge in [0.2, 0.25) is 0 Å². The number of nitrogens with one attached hydrogen (secondary N) is 2. The number of nitrogens with zero attached hydrogens (tertiary/aromatic N) is 2. The Hall–Kier alpha value is -1.97. The smallest absolute Gasteiger partial charge is 0.422 e. The minimum Gasteiger partial charge on any atom is -0.445 e. The van der Waals surface area contributed by atoms with Crippen molar-refractivity contribution in [3.63, 3.8) is 0 Å². The number of aromatic nitrogens is 2. The number of rotatable bonds is 4. The highest BCUT2D eigenvalue weighted by molar-refractivity contribution is 5.66. The fraction of sp³-hybridized carbons (Fsp3) is 0.667. The van der Waals surface area contributed by atoms with Crippen LogP contribution in [0.5, 0.6) is 0 Å². The largest absolute Gasteiger partial charge is 0.445 e. The van der Waals surface area contributed by atoms with E-state index >= 15 is 0 Å². The van der Waals surface area contributed by atoms with Crippen molar-refractivity contribution in [2.45, 2.75) is 37.5 Å². The number of carbonyl (C=O) groups excluding carboxylic acids is 1. The topological polar surface area (TPSA) is 96.3 Å². The Labute approximate surface area is 124 Å². The van der Waals surface area contributed by atoms with E-state index in [1.54, 1.807) is 6.07 Å². The number of hydrogen-bond donors (Lipinski definition) is 3. The van der Waals surface area contributed by atoms with Crippen LogP contribution < -0.4 is 11.2 Å². The molecule has 0 spiro atoms. The molecule has 1 aliphatic rings. The lowest BCUT2D eigenvalue weighted by molar-refractivity contribution is -0.147. The van der Waals surface area contributed by atoms with Crippen LogP contribution in [0.15, 0.2) is 6.07 Å². The summed E-state index contributed by atoms with van der Waals surface area (Å²) in [5.41, 5.74) is 8.44. The molecular formula is C12H18F3N5O2. The van der Waals surface area contributed by atoms with Gasteiger partial charge in [-0.05, 0) is 19.3 Å². The number of anilines is 1. The van der Waals surface area contributed by atoms with Crippen molar-refractivity contribution < 1.29 is 22.7 Å². The highest BCUT2D eigenvalue weighted by Gasteiger charge is 2.32. The normalized spacial score (nSPS) is 22.0. The molecule has 0 aliphatic heterocycles. The molecule has 4 N–H and O–H groups in total. The predicted molar refractivity (Wildman–Crippen MR) is 71.7 cm³/mol. The summed E-state index contributed by atoms with van der Waals surface area (Å²) in [7, 11) is 1.12. The zero-order chi connectivity index (χ0) is 16.3. The monoisotopic (exact) mass is 321 g/mol. The van der Waals surface area contributed by atoms with Crippen molar-refractivity contribution in [1.29, 1.82) is 0 Å². The Morgan fingerprint density at radius 3 is 2.91 bits per heavy atom. The molecule has 0 radical (unpaired) electrons. The SMILES string of the molecule is CN(CC(F)(F)F)NC(=O)O[C@@H]1CC[C@H](c2cc(N)n[nH]2)C1. The third-order valence-corrected chi connectivity index (χ3v) is 3.41. The van der Waals surface area contributed by atoms with Gasteiger partial charge in [-0.25, -0.2) is 9.80 Å². The van der Waals surface area contributed by atoms with E-state index < -0.39 is 18.8 Å². The van der Waals surface area contributed by atoms with Crippen LogP contribution in [0.25, 0.3) is 0 Å². The van der Waals surface area contributed by atoms with Gasteiger partial charge in [0, 0.05) is 24.7 Å². The molecule has 0 saturated heterocycles. The van der Waals surface area contributed by atoms with Gasteiger partial charge in [0.25, 0.3) is 0 Å². The zero-order valence-electron chi connectivity index (χ0n) is 12.0. The van der Waals surface area contributed by atoms with Crippen LogP contribution in [0.4, 0.5) is 23.8 Å². The van der Waals surface area contributed by atoms with Gasteiger partial charge in [0.15, 0.2) is 0 Å². The summed E-state index contributed by atoms with van der Waals surface area (Å²) < 4.78 is 41.6. The lowest BCUT2D eigenvalue weighted by atomic mass is 10.0. The summed E-state index contributed by atoms with van der Waals surface area (Å²) >= 11 is 0. The highest BCUT2D eigenvalue weighted by atomic mass is 19.4. The van der Waals surface area contributed by atoms with Gasteiger partial charge in [-0.15, -0.1) is 0 Å². The summed E-state index contributed by atoms with van der Waals surface area (Å²) in [5.74, 6) is 0.543. The third-order valence-electron chi connectivity index (χ3n) is 3.41. The van der Waals surface area contributed by atoms with Gasteiger partial charge in [0.05, 0.1) is 0 Å². The molecule has 1 aliphatic carbocycles. The number of nitrogens with two attached hydrogens (primary N) is 1. The van der Waals surface area contributed by atoms with Crippen LogP contribution in [0.2, 0.25) is 0 Å². The molecule has 124 valence electrons. The number of nitrogen functional groups attached to an aromatic ring is 1. The summed E-state index contributed by atoms with van der Waals surface area (Å²) in [4.78, 5) is 11.6. The van der Waals surface area contributed by atoms with Gasteiger partial charge in [-0.2, -0.15) is 18.3 Å². The Balaban J connectivity index is 1.76. The average Bonchev–Trinajstić information content (AvgIpc) is 2.95. The summed E-state index contributed by atoms with van der Waals surface area (Å²) in [6.45, 7) is -1.25. The molecule has 22 heavy (non-hydrogen) atoms. The first-order valence-corrected chi connectivity index (χ1v) is 6.79. The molecule has 1 aromatic heterocycles. The number of H-pyrrole nitrogens is 1. The van der Waals surface area contributed by atoms with E-state index in [1.807, 2.05) is 5.43 Å². The summed E-state index contributed by atoms with van der Waals surface area (Å²) in [5, 5.41) is 7.30. The van der Waals surface area contributed by atoms with E-state index in [0.29, 0.717) is 23.7 Å². The van der Waals surface area contributed by atoms with Crippen LogP contribution in [0.3, 0.4) is 0 Å². The Morgan fingerprint density at radius 1 is 1.59 bits per heavy atom. The number of aromatic amines is 1. The van der Waals surface area contributed by atoms with Crippen LogP contribution in [0.1, 0.15) is 30.9 Å². The number of hydrazine groups is 1. The van der Waals surface area contributed by atoms with Gasteiger partial charge in [-0.1, -0.05) is 0 Å². The molecule has 2 rings (SSSR count). The Bertz CT molecular complexity index is 519. The van der Waals surface area contributed by atoms with E-state index in [1.165, 1.54) is 0 Å². The van der Waals surface area contributed by atoms with Crippen LogP contribution >= 0.6 is 0 Å². The van der Waals surface area contributed by atoms with Gasteiger partial charge in [0.1, 0.15) is 18.5 Å². The van der Waals surface area contributed by atoms with Crippen LogP contribution in [0, 0.1) is 0 Å². The maximum Gasteiger partial charge on any atom is 0.422 e. The first kappa shape index (κ1) is 16.4. The molecule has 1 saturated carbocycles. The third kappa shape index (κ3) is 4.79. The highest BCUT2D eigenvalue weighted by Crippen LogP contribution is 2.35. The molecular weight excluding hydrogens is 303 g/mol. The molecule has 1 aromatic rings. The molecule has 7 nitrogen and oxygen atoms in total. The Morgan fingerprint density at radius 2 is 2.32 bits per heavy atom. The maximum atomic E-state index is 12.1. The fourth-order valence-corrected chi connectivity index (χ4v) is 2.53. The van der Waals surface area contributed by atoms with Crippen LogP contribution in [-0.2, 0) is 4.74 Å². The second kappa shape index (κ2) is 6.42. The van der Waals surface area contributed by atoms with E-state index in [2.05, 4.69) is 10.2 Å². The van der Waals surface area contributed by atoms with Crippen molar-refractivity contribution in [2.75, 3.05) is 19.3 Å². The van der Waals surface area contributed by atoms with E-state index in [9.17, 15) is 18.0 Å². The van der Waals surface area contributed by atoms with Crippen LogP contribution in [-0.4, -0.2) is 47.2 Å². The predicted octanol–water partition coefficient (Wildman–Crippen LogP) is 1.76. The molecule has 0 bridgehead atoms. The summed E-state index contributed by atoms with van der Waals surface area (Å²) in [6.07, 6.45) is -3.60. The average molecular weight is 321 g/mol. The maximum absolute atomic E-state index is 12.1. The van der Waals surface area contributed by atoms with Crippen molar-refractivity contribution >= 4 is 11.9 Å². The Kier molecular flexibility index (Phi) is 4.79. The zero-order valence-corrected chi connectivity index (χ0v) is 12.0. The van der Waals surface area contributed by atoms with E-state index in [-0.39, 0.29) is 12.0 Å². The van der Waals surface area contributed by atoms with Crippen molar-refractivity contribution in [3.8, 4) is 0 Å². The molecule has 2 atom stereocenters. The van der Waals surface area contributed by atoms with Gasteiger partial charge < -0.3 is 10.5 Å². The number of amides is 1. The quantitative estimate of drug-likeness (QED) is 0.734. The van der Waals surface area contributed by atoms with Gasteiger partial charge >= 0.3 is 12.3 Å². The first-order valence-electron chi connectivity index (χ1n) is 6.79. The molecule has 1 amide bonds. The minimum absolute atomic E-state index is 0.149. The van der Waals surface area contributed by atoms with Gasteiger partial charge in [-0.3, -0.25) is 10.5 Å².